The van der Waals surface area contributed by atoms with Crippen LogP contribution in [-0.2, 0) is 14.3 Å². The number of fused-ring (bicyclic) bond motifs is 5. The van der Waals surface area contributed by atoms with Gasteiger partial charge in [-0.3, -0.25) is 9.59 Å². The Labute approximate surface area is 82.8 Å². The molecular formula is C11H14O3. The highest BCUT2D eigenvalue weighted by Gasteiger charge is 2.69. The fraction of sp³-hybridized carbons (Fsp3) is 0.818. The first kappa shape index (κ1) is 8.45. The largest absolute Gasteiger partial charge is 0.392 e. The minimum Gasteiger partial charge on any atom is -0.392 e. The molecule has 0 spiro atoms. The zero-order valence-corrected chi connectivity index (χ0v) is 8.29. The molecule has 2 aliphatic carbocycles. The summed E-state index contributed by atoms with van der Waals surface area (Å²) in [6.45, 7) is 2.01. The molecule has 1 saturated heterocycles. The first-order valence-corrected chi connectivity index (χ1v) is 5.46. The molecule has 0 N–H and O–H groups in total. The third-order valence-corrected chi connectivity index (χ3v) is 4.64. The number of rotatable bonds is 1. The molecule has 2 saturated carbocycles. The molecule has 0 amide bonds. The maximum atomic E-state index is 11.8. The normalized spacial score (nSPS) is 49.6. The third kappa shape index (κ3) is 0.677. The topological polar surface area (TPSA) is 43.4 Å². The number of hydrogen-bond acceptors (Lipinski definition) is 3. The second-order valence-corrected chi connectivity index (χ2v) is 4.85. The van der Waals surface area contributed by atoms with E-state index in [1.54, 1.807) is 0 Å². The molecule has 1 aliphatic heterocycles. The molecular weight excluding hydrogens is 180 g/mol. The van der Waals surface area contributed by atoms with Gasteiger partial charge in [-0.2, -0.15) is 0 Å². The maximum Gasteiger partial charge on any atom is 0.320 e. The SMILES string of the molecule is CCC12C(=O)OC(=O)C1C1CCC2C1. The molecule has 3 heteroatoms. The van der Waals surface area contributed by atoms with Crippen molar-refractivity contribution >= 4 is 11.9 Å². The van der Waals surface area contributed by atoms with E-state index in [1.165, 1.54) is 0 Å². The van der Waals surface area contributed by atoms with E-state index in [4.69, 9.17) is 4.74 Å². The Kier molecular flexibility index (Phi) is 1.44. The smallest absolute Gasteiger partial charge is 0.320 e. The van der Waals surface area contributed by atoms with Gasteiger partial charge in [0.05, 0.1) is 11.3 Å². The zero-order valence-electron chi connectivity index (χ0n) is 8.29. The molecule has 0 aromatic rings. The second kappa shape index (κ2) is 2.38. The number of carbonyl (C=O) groups excluding carboxylic acids is 2. The summed E-state index contributed by atoms with van der Waals surface area (Å²) in [6.07, 6.45) is 4.06. The van der Waals surface area contributed by atoms with Crippen LogP contribution in [0.4, 0.5) is 0 Å². The van der Waals surface area contributed by atoms with Gasteiger partial charge in [-0.25, -0.2) is 0 Å². The molecule has 3 nitrogen and oxygen atoms in total. The van der Waals surface area contributed by atoms with Gasteiger partial charge in [-0.05, 0) is 37.5 Å². The molecule has 1 heterocycles. The maximum absolute atomic E-state index is 11.8. The van der Waals surface area contributed by atoms with Crippen molar-refractivity contribution in [1.29, 1.82) is 0 Å². The zero-order chi connectivity index (χ0) is 9.92. The van der Waals surface area contributed by atoms with Crippen molar-refractivity contribution in [2.45, 2.75) is 32.6 Å². The van der Waals surface area contributed by atoms with Gasteiger partial charge in [-0.15, -0.1) is 0 Å². The summed E-state index contributed by atoms with van der Waals surface area (Å²) in [7, 11) is 0. The molecule has 0 aromatic carbocycles. The Morgan fingerprint density at radius 1 is 1.43 bits per heavy atom. The first-order valence-electron chi connectivity index (χ1n) is 5.46. The molecule has 3 rings (SSSR count). The van der Waals surface area contributed by atoms with Gasteiger partial charge in [0.2, 0.25) is 0 Å². The number of esters is 2. The van der Waals surface area contributed by atoms with E-state index < -0.39 is 5.41 Å². The van der Waals surface area contributed by atoms with Crippen molar-refractivity contribution < 1.29 is 14.3 Å². The van der Waals surface area contributed by atoms with Gasteiger partial charge in [0.1, 0.15) is 0 Å². The van der Waals surface area contributed by atoms with E-state index >= 15 is 0 Å². The molecule has 76 valence electrons. The van der Waals surface area contributed by atoms with Crippen LogP contribution in [0.15, 0.2) is 0 Å². The summed E-state index contributed by atoms with van der Waals surface area (Å²) < 4.78 is 4.83. The van der Waals surface area contributed by atoms with Crippen molar-refractivity contribution in [1.82, 2.24) is 0 Å². The van der Waals surface area contributed by atoms with Gasteiger partial charge in [0.15, 0.2) is 0 Å². The number of cyclic esters (lactones) is 2. The lowest BCUT2D eigenvalue weighted by Gasteiger charge is -2.32. The first-order chi connectivity index (χ1) is 6.70. The number of ether oxygens (including phenoxy) is 1. The van der Waals surface area contributed by atoms with E-state index in [0.29, 0.717) is 11.8 Å². The van der Waals surface area contributed by atoms with E-state index in [1.807, 2.05) is 6.92 Å². The predicted molar refractivity (Wildman–Crippen MR) is 48.1 cm³/mol. The Morgan fingerprint density at radius 2 is 2.21 bits per heavy atom. The summed E-state index contributed by atoms with van der Waals surface area (Å²) in [4.78, 5) is 23.3. The van der Waals surface area contributed by atoms with Crippen LogP contribution in [0, 0.1) is 23.2 Å². The van der Waals surface area contributed by atoms with Crippen molar-refractivity contribution in [3.8, 4) is 0 Å². The fourth-order valence-electron chi connectivity index (χ4n) is 4.06. The summed E-state index contributed by atoms with van der Waals surface area (Å²) in [6, 6.07) is 0. The van der Waals surface area contributed by atoms with E-state index in [2.05, 4.69) is 0 Å². The van der Waals surface area contributed by atoms with Crippen LogP contribution in [0.25, 0.3) is 0 Å². The Hall–Kier alpha value is -0.860. The number of carbonyl (C=O) groups is 2. The molecule has 2 bridgehead atoms. The average Bonchev–Trinajstić information content (AvgIpc) is 2.78. The van der Waals surface area contributed by atoms with Crippen LogP contribution in [0.5, 0.6) is 0 Å². The van der Waals surface area contributed by atoms with Crippen molar-refractivity contribution in [3.63, 3.8) is 0 Å². The Morgan fingerprint density at radius 3 is 2.86 bits per heavy atom. The minimum absolute atomic E-state index is 0.0984. The molecule has 14 heavy (non-hydrogen) atoms. The number of hydrogen-bond donors (Lipinski definition) is 0. The molecule has 0 aromatic heterocycles. The van der Waals surface area contributed by atoms with Crippen LogP contribution in [-0.4, -0.2) is 11.9 Å². The van der Waals surface area contributed by atoms with Crippen molar-refractivity contribution in [2.24, 2.45) is 23.2 Å². The van der Waals surface area contributed by atoms with Gasteiger partial charge in [0.25, 0.3) is 0 Å². The lowest BCUT2D eigenvalue weighted by molar-refractivity contribution is -0.156. The van der Waals surface area contributed by atoms with Gasteiger partial charge in [-0.1, -0.05) is 6.92 Å². The van der Waals surface area contributed by atoms with Crippen molar-refractivity contribution in [3.05, 3.63) is 0 Å². The van der Waals surface area contributed by atoms with E-state index in [0.717, 1.165) is 25.7 Å². The monoisotopic (exact) mass is 194 g/mol. The quantitative estimate of drug-likeness (QED) is 0.469. The third-order valence-electron chi connectivity index (χ3n) is 4.64. The molecule has 3 aliphatic rings. The van der Waals surface area contributed by atoms with Crippen LogP contribution >= 0.6 is 0 Å². The van der Waals surface area contributed by atoms with Crippen LogP contribution in [0.1, 0.15) is 32.6 Å². The standard InChI is InChI=1S/C11H14O3/c1-2-11-7-4-3-6(5-7)8(11)9(12)14-10(11)13/h6-8H,2-5H2,1H3. The second-order valence-electron chi connectivity index (χ2n) is 4.85. The summed E-state index contributed by atoms with van der Waals surface area (Å²) in [5.41, 5.74) is -0.417. The van der Waals surface area contributed by atoms with Crippen LogP contribution < -0.4 is 0 Å². The van der Waals surface area contributed by atoms with E-state index in [-0.39, 0.29) is 17.9 Å². The summed E-state index contributed by atoms with van der Waals surface area (Å²) in [5, 5.41) is 0. The highest BCUT2D eigenvalue weighted by atomic mass is 16.6. The Bertz CT molecular complexity index is 322. The van der Waals surface area contributed by atoms with Crippen molar-refractivity contribution in [2.75, 3.05) is 0 Å². The Balaban J connectivity index is 2.11. The van der Waals surface area contributed by atoms with Gasteiger partial charge >= 0.3 is 11.9 Å². The molecule has 4 atom stereocenters. The molecule has 4 unspecified atom stereocenters. The molecule has 0 radical (unpaired) electrons. The lowest BCUT2D eigenvalue weighted by Crippen LogP contribution is -2.38. The van der Waals surface area contributed by atoms with Crippen LogP contribution in [0.2, 0.25) is 0 Å². The highest BCUT2D eigenvalue weighted by molar-refractivity contribution is 6.00. The predicted octanol–water partition coefficient (Wildman–Crippen LogP) is 1.51. The van der Waals surface area contributed by atoms with Gasteiger partial charge < -0.3 is 4.74 Å². The summed E-state index contributed by atoms with van der Waals surface area (Å²) in [5.74, 6) is 0.269. The fourth-order valence-corrected chi connectivity index (χ4v) is 4.06. The van der Waals surface area contributed by atoms with E-state index in [9.17, 15) is 9.59 Å². The summed E-state index contributed by atoms with van der Waals surface area (Å²) >= 11 is 0. The lowest BCUT2D eigenvalue weighted by atomic mass is 9.66. The minimum atomic E-state index is -0.417. The van der Waals surface area contributed by atoms with Crippen LogP contribution in [0.3, 0.4) is 0 Å². The average molecular weight is 194 g/mol. The van der Waals surface area contributed by atoms with Gasteiger partial charge in [0, 0.05) is 0 Å². The highest BCUT2D eigenvalue weighted by Crippen LogP contribution is 2.64. The molecule has 3 fully saturated rings.